The fraction of sp³-hybridized carbons (Fsp3) is 0.364. The van der Waals surface area contributed by atoms with E-state index < -0.39 is 22.6 Å². The van der Waals surface area contributed by atoms with Crippen LogP contribution in [0.25, 0.3) is 6.08 Å². The van der Waals surface area contributed by atoms with Gasteiger partial charge in [0.25, 0.3) is 0 Å². The van der Waals surface area contributed by atoms with Crippen molar-refractivity contribution in [3.05, 3.63) is 59.0 Å². The predicted octanol–water partition coefficient (Wildman–Crippen LogP) is 5.89. The minimum atomic E-state index is -4.42. The van der Waals surface area contributed by atoms with Crippen LogP contribution in [-0.4, -0.2) is 48.3 Å². The van der Waals surface area contributed by atoms with E-state index in [-0.39, 0.29) is 39.1 Å². The van der Waals surface area contributed by atoms with E-state index in [0.29, 0.717) is 17.7 Å². The predicted molar refractivity (Wildman–Crippen MR) is 129 cm³/mol. The minimum absolute atomic E-state index is 0.0155. The van der Waals surface area contributed by atoms with Crippen molar-refractivity contribution in [1.29, 1.82) is 0 Å². The van der Waals surface area contributed by atoms with Gasteiger partial charge in [0, 0.05) is 10.2 Å². The van der Waals surface area contributed by atoms with Gasteiger partial charge in [-0.05, 0) is 47.9 Å². The molecule has 33 heavy (non-hydrogen) atoms. The van der Waals surface area contributed by atoms with Crippen LogP contribution in [0.15, 0.2) is 47.9 Å². The van der Waals surface area contributed by atoms with Crippen LogP contribution in [0.2, 0.25) is 0 Å². The van der Waals surface area contributed by atoms with Crippen LogP contribution in [0.5, 0.6) is 17.2 Å². The van der Waals surface area contributed by atoms with Gasteiger partial charge in [0.1, 0.15) is 12.4 Å². The summed E-state index contributed by atoms with van der Waals surface area (Å²) in [5, 5.41) is 11.0. The van der Waals surface area contributed by atoms with E-state index in [1.165, 1.54) is 36.4 Å². The molecule has 0 heterocycles. The van der Waals surface area contributed by atoms with Gasteiger partial charge in [-0.25, -0.2) is 8.42 Å². The lowest BCUT2D eigenvalue weighted by Gasteiger charge is -2.14. The molecular formula is C22H23Br2F3O5S. The van der Waals surface area contributed by atoms with Crippen molar-refractivity contribution < 1.29 is 36.2 Å². The maximum absolute atomic E-state index is 12.4. The van der Waals surface area contributed by atoms with Crippen molar-refractivity contribution in [1.82, 2.24) is 0 Å². The Bertz CT molecular complexity index is 1040. The third-order valence-electron chi connectivity index (χ3n) is 4.35. The van der Waals surface area contributed by atoms with E-state index in [2.05, 4.69) is 36.6 Å². The average molecular weight is 616 g/mol. The van der Waals surface area contributed by atoms with E-state index in [9.17, 15) is 26.7 Å². The van der Waals surface area contributed by atoms with Gasteiger partial charge in [-0.15, -0.1) is 0 Å². The van der Waals surface area contributed by atoms with E-state index in [1.54, 1.807) is 12.1 Å². The molecule has 2 aromatic carbocycles. The second-order valence-corrected chi connectivity index (χ2v) is 11.8. The molecular weight excluding hydrogens is 593 g/mol. The molecule has 182 valence electrons. The zero-order valence-corrected chi connectivity index (χ0v) is 21.5. The second kappa shape index (κ2) is 12.1. The van der Waals surface area contributed by atoms with Crippen LogP contribution < -0.4 is 9.47 Å². The summed E-state index contributed by atoms with van der Waals surface area (Å²) >= 11 is 6.88. The Balaban J connectivity index is 1.94. The fourth-order valence-electron chi connectivity index (χ4n) is 2.48. The fourth-order valence-corrected chi connectivity index (χ4v) is 3.79. The number of ether oxygens (including phenoxy) is 2. The summed E-state index contributed by atoms with van der Waals surface area (Å²) in [5.41, 5.74) is 1.19. The first-order valence-corrected chi connectivity index (χ1v) is 13.3. The first-order chi connectivity index (χ1) is 15.3. The second-order valence-electron chi connectivity index (χ2n) is 7.20. The molecule has 2 rings (SSSR count). The van der Waals surface area contributed by atoms with E-state index in [0.717, 1.165) is 5.41 Å². The first kappa shape index (κ1) is 27.5. The maximum atomic E-state index is 12.4. The molecule has 2 unspecified atom stereocenters. The Morgan fingerprint density at radius 2 is 1.76 bits per heavy atom. The number of halogens is 5. The van der Waals surface area contributed by atoms with Crippen molar-refractivity contribution in [2.45, 2.75) is 29.2 Å². The summed E-state index contributed by atoms with van der Waals surface area (Å²) < 4.78 is 71.5. The standard InChI is InChI=1S/C22H23Br2F3O5S/c1-15(23)19(24)13-31-21-12-17(4-7-20(21)28)9-11-33(29,30)10-8-16-2-5-18(6-3-16)32-14-22(25,26)27/h2-7,9,11-12,15,19,28H,8,10,13-14H2,1H3. The number of phenolic OH excluding ortho intramolecular Hbond substituents is 1. The van der Waals surface area contributed by atoms with E-state index >= 15 is 0 Å². The number of rotatable bonds is 11. The molecule has 1 N–H and O–H groups in total. The van der Waals surface area contributed by atoms with Crippen LogP contribution in [-0.2, 0) is 16.3 Å². The summed E-state index contributed by atoms with van der Waals surface area (Å²) in [6.07, 6.45) is -2.83. The minimum Gasteiger partial charge on any atom is -0.504 e. The molecule has 0 bridgehead atoms. The van der Waals surface area contributed by atoms with Gasteiger partial charge in [-0.2, -0.15) is 13.2 Å². The number of aryl methyl sites for hydroxylation is 1. The Hall–Kier alpha value is -1.72. The molecule has 0 radical (unpaired) electrons. The quantitative estimate of drug-likeness (QED) is 0.319. The summed E-state index contributed by atoms with van der Waals surface area (Å²) in [6, 6.07) is 10.3. The van der Waals surface area contributed by atoms with E-state index in [1.807, 2.05) is 6.92 Å². The molecule has 5 nitrogen and oxygen atoms in total. The number of benzene rings is 2. The molecule has 0 aliphatic heterocycles. The molecule has 2 atom stereocenters. The first-order valence-electron chi connectivity index (χ1n) is 9.78. The van der Waals surface area contributed by atoms with Crippen molar-refractivity contribution >= 4 is 47.8 Å². The Morgan fingerprint density at radius 3 is 2.36 bits per heavy atom. The normalized spacial score (nSPS) is 14.2. The Morgan fingerprint density at radius 1 is 1.09 bits per heavy atom. The number of sulfone groups is 1. The third-order valence-corrected chi connectivity index (χ3v) is 8.08. The van der Waals surface area contributed by atoms with Gasteiger partial charge in [0.15, 0.2) is 27.9 Å². The van der Waals surface area contributed by atoms with Crippen LogP contribution in [0.4, 0.5) is 13.2 Å². The monoisotopic (exact) mass is 614 g/mol. The summed E-state index contributed by atoms with van der Waals surface area (Å²) in [6.45, 7) is 0.857. The lowest BCUT2D eigenvalue weighted by molar-refractivity contribution is -0.153. The van der Waals surface area contributed by atoms with Crippen LogP contribution in [0, 0.1) is 0 Å². The molecule has 0 saturated heterocycles. The largest absolute Gasteiger partial charge is 0.504 e. The Labute approximate surface area is 207 Å². The highest BCUT2D eigenvalue weighted by molar-refractivity contribution is 9.12. The molecule has 0 saturated carbocycles. The van der Waals surface area contributed by atoms with Crippen LogP contribution in [0.1, 0.15) is 18.1 Å². The van der Waals surface area contributed by atoms with Crippen molar-refractivity contribution in [3.8, 4) is 17.2 Å². The van der Waals surface area contributed by atoms with Crippen molar-refractivity contribution in [2.24, 2.45) is 0 Å². The molecule has 11 heteroatoms. The van der Waals surface area contributed by atoms with Gasteiger partial charge in [-0.3, -0.25) is 0 Å². The highest BCUT2D eigenvalue weighted by Gasteiger charge is 2.28. The molecule has 2 aromatic rings. The number of aromatic hydroxyl groups is 1. The number of phenols is 1. The zero-order chi connectivity index (χ0) is 24.6. The van der Waals surface area contributed by atoms with E-state index in [4.69, 9.17) is 4.74 Å². The van der Waals surface area contributed by atoms with Gasteiger partial charge >= 0.3 is 6.18 Å². The smallest absolute Gasteiger partial charge is 0.422 e. The summed E-state index contributed by atoms with van der Waals surface area (Å²) in [7, 11) is -3.56. The number of hydrogen-bond donors (Lipinski definition) is 1. The van der Waals surface area contributed by atoms with Gasteiger partial charge in [0.2, 0.25) is 0 Å². The van der Waals surface area contributed by atoms with Crippen molar-refractivity contribution in [2.75, 3.05) is 19.0 Å². The third kappa shape index (κ3) is 10.4. The maximum Gasteiger partial charge on any atom is 0.422 e. The molecule has 0 aliphatic carbocycles. The summed E-state index contributed by atoms with van der Waals surface area (Å²) in [5.74, 6) is 0.0582. The SMILES string of the molecule is CC(Br)C(Br)COc1cc(C=CS(=O)(=O)CCc2ccc(OCC(F)(F)F)cc2)ccc1O. The van der Waals surface area contributed by atoms with Gasteiger partial charge in [0.05, 0.1) is 10.6 Å². The van der Waals surface area contributed by atoms with Gasteiger partial charge < -0.3 is 14.6 Å². The summed E-state index contributed by atoms with van der Waals surface area (Å²) in [4.78, 5) is 0.165. The van der Waals surface area contributed by atoms with Crippen LogP contribution in [0.3, 0.4) is 0 Å². The number of alkyl halides is 5. The van der Waals surface area contributed by atoms with Gasteiger partial charge in [-0.1, -0.05) is 57.0 Å². The Kier molecular flexibility index (Phi) is 10.1. The molecule has 0 amide bonds. The van der Waals surface area contributed by atoms with Crippen LogP contribution >= 0.6 is 31.9 Å². The average Bonchev–Trinajstić information content (AvgIpc) is 2.74. The molecule has 0 fully saturated rings. The highest BCUT2D eigenvalue weighted by Crippen LogP contribution is 2.29. The van der Waals surface area contributed by atoms with Crippen molar-refractivity contribution in [3.63, 3.8) is 0 Å². The lowest BCUT2D eigenvalue weighted by Crippen LogP contribution is -2.19. The topological polar surface area (TPSA) is 72.8 Å². The highest BCUT2D eigenvalue weighted by atomic mass is 79.9. The zero-order valence-electron chi connectivity index (χ0n) is 17.6. The molecule has 0 spiro atoms. The molecule has 0 aliphatic rings. The lowest BCUT2D eigenvalue weighted by atomic mass is 10.2. The number of hydrogen-bond acceptors (Lipinski definition) is 5. The molecule has 0 aromatic heterocycles.